The van der Waals surface area contributed by atoms with Gasteiger partial charge in [-0.1, -0.05) is 32.4 Å². The van der Waals surface area contributed by atoms with Crippen LogP contribution in [0, 0.1) is 0 Å². The SMILES string of the molecule is CC.CC=N/C=C\C(C)=C\CC. The lowest BCUT2D eigenvalue weighted by Gasteiger charge is -1.86. The quantitative estimate of drug-likeness (QED) is 0.445. The second-order valence-corrected chi connectivity index (χ2v) is 2.08. The molecular formula is C11H21N. The van der Waals surface area contributed by atoms with Crippen LogP contribution < -0.4 is 0 Å². The molecule has 0 unspecified atom stereocenters. The molecule has 1 heteroatoms. The number of aliphatic imine (C=N–C) groups is 1. The Morgan fingerprint density at radius 1 is 1.33 bits per heavy atom. The Bertz CT molecular complexity index is 152. The van der Waals surface area contributed by atoms with Crippen molar-refractivity contribution >= 4 is 6.21 Å². The molecule has 1 nitrogen and oxygen atoms in total. The highest BCUT2D eigenvalue weighted by molar-refractivity contribution is 5.54. The fraction of sp³-hybridized carbons (Fsp3) is 0.545. The van der Waals surface area contributed by atoms with Gasteiger partial charge in [-0.3, -0.25) is 4.99 Å². The molecule has 0 aliphatic heterocycles. The van der Waals surface area contributed by atoms with E-state index in [1.54, 1.807) is 6.21 Å². The summed E-state index contributed by atoms with van der Waals surface area (Å²) in [5.41, 5.74) is 1.27. The first kappa shape index (κ1) is 13.7. The van der Waals surface area contributed by atoms with Crippen LogP contribution in [0.1, 0.15) is 41.0 Å². The van der Waals surface area contributed by atoms with E-state index in [1.807, 2.05) is 33.0 Å². The molecule has 12 heavy (non-hydrogen) atoms. The number of rotatable bonds is 3. The monoisotopic (exact) mass is 167 g/mol. The number of hydrogen-bond acceptors (Lipinski definition) is 1. The minimum atomic E-state index is 1.09. The highest BCUT2D eigenvalue weighted by Gasteiger charge is 1.75. The first-order valence-corrected chi connectivity index (χ1v) is 4.62. The molecule has 0 amide bonds. The molecule has 70 valence electrons. The molecule has 0 aromatic heterocycles. The van der Waals surface area contributed by atoms with Gasteiger partial charge >= 0.3 is 0 Å². The van der Waals surface area contributed by atoms with E-state index < -0.39 is 0 Å². The van der Waals surface area contributed by atoms with Gasteiger partial charge in [-0.2, -0.15) is 0 Å². The third-order valence-corrected chi connectivity index (χ3v) is 1.10. The van der Waals surface area contributed by atoms with Crippen LogP contribution >= 0.6 is 0 Å². The Hall–Kier alpha value is -0.850. The summed E-state index contributed by atoms with van der Waals surface area (Å²) >= 11 is 0. The minimum absolute atomic E-state index is 1.09. The van der Waals surface area contributed by atoms with Gasteiger partial charge in [-0.15, -0.1) is 0 Å². The van der Waals surface area contributed by atoms with E-state index in [0.717, 1.165) is 6.42 Å². The molecular weight excluding hydrogens is 146 g/mol. The van der Waals surface area contributed by atoms with E-state index in [2.05, 4.69) is 24.9 Å². The molecule has 0 saturated carbocycles. The highest BCUT2D eigenvalue weighted by Crippen LogP contribution is 1.96. The second-order valence-electron chi connectivity index (χ2n) is 2.08. The minimum Gasteiger partial charge on any atom is -0.269 e. The summed E-state index contributed by atoms with van der Waals surface area (Å²) < 4.78 is 0. The van der Waals surface area contributed by atoms with E-state index in [0.29, 0.717) is 0 Å². The van der Waals surface area contributed by atoms with Crippen LogP contribution in [0.15, 0.2) is 28.9 Å². The smallest absolute Gasteiger partial charge is 0.0266 e. The number of hydrogen-bond donors (Lipinski definition) is 0. The van der Waals surface area contributed by atoms with Gasteiger partial charge in [-0.05, 0) is 26.3 Å². The molecule has 0 bridgehead atoms. The summed E-state index contributed by atoms with van der Waals surface area (Å²) in [7, 11) is 0. The predicted octanol–water partition coefficient (Wildman–Crippen LogP) is 3.97. The van der Waals surface area contributed by atoms with Crippen molar-refractivity contribution in [3.05, 3.63) is 23.9 Å². The van der Waals surface area contributed by atoms with Crippen LogP contribution in [-0.2, 0) is 0 Å². The average molecular weight is 167 g/mol. The Balaban J connectivity index is 0. The van der Waals surface area contributed by atoms with E-state index in [-0.39, 0.29) is 0 Å². The summed E-state index contributed by atoms with van der Waals surface area (Å²) in [4.78, 5) is 3.95. The van der Waals surface area contributed by atoms with Crippen molar-refractivity contribution in [1.82, 2.24) is 0 Å². The second kappa shape index (κ2) is 12.8. The van der Waals surface area contributed by atoms with Gasteiger partial charge in [0.25, 0.3) is 0 Å². The lowest BCUT2D eigenvalue weighted by atomic mass is 10.2. The van der Waals surface area contributed by atoms with Gasteiger partial charge in [0, 0.05) is 12.4 Å². The number of nitrogens with zero attached hydrogens (tertiary/aromatic N) is 1. The lowest BCUT2D eigenvalue weighted by Crippen LogP contribution is -1.66. The van der Waals surface area contributed by atoms with Gasteiger partial charge in [0.2, 0.25) is 0 Å². The van der Waals surface area contributed by atoms with E-state index in [9.17, 15) is 0 Å². The molecule has 0 heterocycles. The summed E-state index contributed by atoms with van der Waals surface area (Å²) in [6.45, 7) is 10.1. The molecule has 0 N–H and O–H groups in total. The summed E-state index contributed by atoms with van der Waals surface area (Å²) in [5, 5.41) is 0. The van der Waals surface area contributed by atoms with Crippen molar-refractivity contribution in [2.75, 3.05) is 0 Å². The fourth-order valence-electron chi connectivity index (χ4n) is 0.637. The molecule has 0 aliphatic carbocycles. The van der Waals surface area contributed by atoms with Crippen molar-refractivity contribution in [2.24, 2.45) is 4.99 Å². The normalized spacial score (nSPS) is 11.9. The molecule has 0 spiro atoms. The predicted molar refractivity (Wildman–Crippen MR) is 58.7 cm³/mol. The third kappa shape index (κ3) is 11.9. The maximum Gasteiger partial charge on any atom is 0.0266 e. The van der Waals surface area contributed by atoms with E-state index in [1.165, 1.54) is 5.57 Å². The molecule has 0 rings (SSSR count). The zero-order chi connectivity index (χ0) is 9.82. The topological polar surface area (TPSA) is 12.4 Å². The van der Waals surface area contributed by atoms with Crippen LogP contribution in [0.2, 0.25) is 0 Å². The maximum atomic E-state index is 3.95. The Morgan fingerprint density at radius 3 is 2.33 bits per heavy atom. The molecule has 0 atom stereocenters. The first-order chi connectivity index (χ1) is 5.81. The van der Waals surface area contributed by atoms with Crippen molar-refractivity contribution in [3.8, 4) is 0 Å². The molecule has 0 radical (unpaired) electrons. The fourth-order valence-corrected chi connectivity index (χ4v) is 0.637. The standard InChI is InChI=1S/C9H15N.C2H6/c1-4-6-9(3)7-8-10-5-2;1-2/h5-8H,4H2,1-3H3;1-2H3/b8-7-,9-6+,10-5?;. The molecule has 0 aliphatic rings. The van der Waals surface area contributed by atoms with E-state index >= 15 is 0 Å². The lowest BCUT2D eigenvalue weighted by molar-refractivity contribution is 1.20. The summed E-state index contributed by atoms with van der Waals surface area (Å²) in [5.74, 6) is 0. The zero-order valence-corrected chi connectivity index (χ0v) is 8.96. The molecule has 0 saturated heterocycles. The maximum absolute atomic E-state index is 3.95. The van der Waals surface area contributed by atoms with Crippen LogP contribution in [0.3, 0.4) is 0 Å². The van der Waals surface area contributed by atoms with Gasteiger partial charge in [0.1, 0.15) is 0 Å². The highest BCUT2D eigenvalue weighted by atomic mass is 14.6. The van der Waals surface area contributed by atoms with Crippen molar-refractivity contribution < 1.29 is 0 Å². The van der Waals surface area contributed by atoms with Gasteiger partial charge in [0.15, 0.2) is 0 Å². The molecule has 0 fully saturated rings. The Morgan fingerprint density at radius 2 is 1.92 bits per heavy atom. The third-order valence-electron chi connectivity index (χ3n) is 1.10. The van der Waals surface area contributed by atoms with Gasteiger partial charge in [-0.25, -0.2) is 0 Å². The van der Waals surface area contributed by atoms with Gasteiger partial charge in [0.05, 0.1) is 0 Å². The zero-order valence-electron chi connectivity index (χ0n) is 8.96. The van der Waals surface area contributed by atoms with Gasteiger partial charge < -0.3 is 0 Å². The van der Waals surface area contributed by atoms with Crippen molar-refractivity contribution in [3.63, 3.8) is 0 Å². The molecule has 0 aromatic carbocycles. The Labute approximate surface area is 76.9 Å². The van der Waals surface area contributed by atoms with Crippen LogP contribution in [0.4, 0.5) is 0 Å². The van der Waals surface area contributed by atoms with Crippen molar-refractivity contribution in [2.45, 2.75) is 41.0 Å². The van der Waals surface area contributed by atoms with E-state index in [4.69, 9.17) is 0 Å². The van der Waals surface area contributed by atoms with Crippen LogP contribution in [-0.4, -0.2) is 6.21 Å². The molecule has 0 aromatic rings. The largest absolute Gasteiger partial charge is 0.269 e. The average Bonchev–Trinajstić information content (AvgIpc) is 2.09. The van der Waals surface area contributed by atoms with Crippen LogP contribution in [0.25, 0.3) is 0 Å². The Kier molecular flexibility index (Phi) is 14.6. The number of allylic oxidation sites excluding steroid dienone is 3. The first-order valence-electron chi connectivity index (χ1n) is 4.62. The van der Waals surface area contributed by atoms with Crippen molar-refractivity contribution in [1.29, 1.82) is 0 Å². The summed E-state index contributed by atoms with van der Waals surface area (Å²) in [6, 6.07) is 0. The summed E-state index contributed by atoms with van der Waals surface area (Å²) in [6.07, 6.45) is 8.84. The van der Waals surface area contributed by atoms with Crippen LogP contribution in [0.5, 0.6) is 0 Å².